The van der Waals surface area contributed by atoms with Crippen molar-refractivity contribution in [3.05, 3.63) is 82.1 Å². The fourth-order valence-corrected chi connectivity index (χ4v) is 5.55. The first-order chi connectivity index (χ1) is 13.6. The van der Waals surface area contributed by atoms with Crippen molar-refractivity contribution in [1.29, 1.82) is 0 Å². The van der Waals surface area contributed by atoms with Crippen LogP contribution in [0.5, 0.6) is 0 Å². The van der Waals surface area contributed by atoms with Crippen molar-refractivity contribution in [1.82, 2.24) is 0 Å². The molecule has 29 heavy (non-hydrogen) atoms. The average molecular weight is 389 g/mol. The van der Waals surface area contributed by atoms with Crippen LogP contribution in [0.3, 0.4) is 0 Å². The van der Waals surface area contributed by atoms with Crippen LogP contribution < -0.4 is 11.5 Å². The summed E-state index contributed by atoms with van der Waals surface area (Å²) in [4.78, 5) is 0. The molecule has 0 saturated carbocycles. The molecule has 154 valence electrons. The quantitative estimate of drug-likeness (QED) is 0.568. The van der Waals surface area contributed by atoms with Gasteiger partial charge in [-0.25, -0.2) is 0 Å². The molecule has 3 rings (SSSR count). The van der Waals surface area contributed by atoms with Gasteiger partial charge < -0.3 is 11.5 Å². The van der Waals surface area contributed by atoms with Gasteiger partial charge in [0.15, 0.2) is 0 Å². The SMILES string of the molecule is C=C(N)C1=C(C)C[C@H](CC2Cc3ccc(N)c(C)c3C(=C)/C2=C(\C)CC)CC1=C. The molecule has 2 aliphatic carbocycles. The minimum atomic E-state index is 0.492. The summed E-state index contributed by atoms with van der Waals surface area (Å²) in [6.45, 7) is 21.6. The number of fused-ring (bicyclic) bond motifs is 1. The molecule has 2 aliphatic rings. The zero-order valence-corrected chi connectivity index (χ0v) is 18.6. The molecule has 2 atom stereocenters. The van der Waals surface area contributed by atoms with Crippen LogP contribution in [0.25, 0.3) is 5.57 Å². The molecule has 0 amide bonds. The van der Waals surface area contributed by atoms with Crippen LogP contribution in [-0.2, 0) is 6.42 Å². The second-order valence-electron chi connectivity index (χ2n) is 9.04. The summed E-state index contributed by atoms with van der Waals surface area (Å²) in [5.41, 5.74) is 25.2. The van der Waals surface area contributed by atoms with E-state index in [2.05, 4.69) is 53.5 Å². The van der Waals surface area contributed by atoms with Gasteiger partial charge in [0.2, 0.25) is 0 Å². The maximum absolute atomic E-state index is 6.22. The summed E-state index contributed by atoms with van der Waals surface area (Å²) < 4.78 is 0. The van der Waals surface area contributed by atoms with Gasteiger partial charge in [-0.2, -0.15) is 0 Å². The molecule has 1 unspecified atom stereocenters. The molecule has 0 bridgehead atoms. The van der Waals surface area contributed by atoms with E-state index in [1.807, 2.05) is 6.07 Å². The first-order valence-electron chi connectivity index (χ1n) is 10.7. The number of nitrogens with two attached hydrogens (primary N) is 2. The number of rotatable bonds is 4. The van der Waals surface area contributed by atoms with Gasteiger partial charge in [-0.05, 0) is 110 Å². The predicted octanol–water partition coefficient (Wildman–Crippen LogP) is 6.63. The maximum Gasteiger partial charge on any atom is 0.0350 e. The first kappa shape index (κ1) is 21.2. The van der Waals surface area contributed by atoms with Crippen LogP contribution >= 0.6 is 0 Å². The van der Waals surface area contributed by atoms with Crippen LogP contribution in [0.4, 0.5) is 5.69 Å². The molecule has 1 aromatic rings. The molecule has 2 heteroatoms. The Kier molecular flexibility index (Phi) is 5.93. The molecule has 0 saturated heterocycles. The van der Waals surface area contributed by atoms with Crippen LogP contribution in [0.15, 0.2) is 65.4 Å². The highest BCUT2D eigenvalue weighted by atomic mass is 14.6. The standard InChI is InChI=1S/C27H36N2/c1-8-15(2)26-19(6)27-18(5)24(29)10-9-22(27)14-23(26)13-21-11-16(3)25(20(7)28)17(4)12-21/h9-10,21,23H,3,6-8,11-14,28-29H2,1-2,4-5H3/b26-15-/t21-,23?/m1/s1. The largest absolute Gasteiger partial charge is 0.399 e. The summed E-state index contributed by atoms with van der Waals surface area (Å²) in [7, 11) is 0. The Morgan fingerprint density at radius 1 is 1.14 bits per heavy atom. The molecule has 0 aliphatic heterocycles. The third kappa shape index (κ3) is 3.85. The van der Waals surface area contributed by atoms with Gasteiger partial charge >= 0.3 is 0 Å². The predicted molar refractivity (Wildman–Crippen MR) is 127 cm³/mol. The Hall–Kier alpha value is -2.48. The topological polar surface area (TPSA) is 52.0 Å². The smallest absolute Gasteiger partial charge is 0.0350 e. The van der Waals surface area contributed by atoms with Crippen molar-refractivity contribution in [2.75, 3.05) is 5.73 Å². The highest BCUT2D eigenvalue weighted by Gasteiger charge is 2.32. The van der Waals surface area contributed by atoms with Crippen LogP contribution in [-0.4, -0.2) is 0 Å². The molecule has 0 radical (unpaired) electrons. The normalized spacial score (nSPS) is 23.9. The summed E-state index contributed by atoms with van der Waals surface area (Å²) in [5.74, 6) is 1.07. The fourth-order valence-electron chi connectivity index (χ4n) is 5.55. The second kappa shape index (κ2) is 8.10. The number of allylic oxidation sites excluding steroid dienone is 5. The molecule has 0 heterocycles. The zero-order chi connectivity index (χ0) is 21.5. The molecule has 2 nitrogen and oxygen atoms in total. The van der Waals surface area contributed by atoms with Gasteiger partial charge in [0.05, 0.1) is 0 Å². The van der Waals surface area contributed by atoms with Gasteiger partial charge in [-0.3, -0.25) is 0 Å². The maximum atomic E-state index is 6.22. The van der Waals surface area contributed by atoms with E-state index in [-0.39, 0.29) is 0 Å². The number of hydrogen-bond donors (Lipinski definition) is 2. The van der Waals surface area contributed by atoms with Crippen molar-refractivity contribution < 1.29 is 0 Å². The fraction of sp³-hybridized carbons (Fsp3) is 0.407. The van der Waals surface area contributed by atoms with E-state index in [1.165, 1.54) is 39.0 Å². The lowest BCUT2D eigenvalue weighted by atomic mass is 9.68. The molecular formula is C27H36N2. The highest BCUT2D eigenvalue weighted by Crippen LogP contribution is 2.47. The number of hydrogen-bond acceptors (Lipinski definition) is 2. The van der Waals surface area contributed by atoms with Gasteiger partial charge in [0.1, 0.15) is 0 Å². The molecule has 0 spiro atoms. The summed E-state index contributed by atoms with van der Waals surface area (Å²) >= 11 is 0. The van der Waals surface area contributed by atoms with Crippen molar-refractivity contribution in [2.45, 2.75) is 59.8 Å². The van der Waals surface area contributed by atoms with Crippen molar-refractivity contribution in [3.63, 3.8) is 0 Å². The number of nitrogen functional groups attached to an aromatic ring is 1. The molecular weight excluding hydrogens is 352 g/mol. The average Bonchev–Trinajstić information content (AvgIpc) is 2.63. The van der Waals surface area contributed by atoms with Gasteiger partial charge in [-0.15, -0.1) is 0 Å². The van der Waals surface area contributed by atoms with E-state index in [1.54, 1.807) is 0 Å². The lowest BCUT2D eigenvalue weighted by molar-refractivity contribution is 0.389. The Balaban J connectivity index is 1.97. The Labute approximate surface area is 176 Å². The third-order valence-electron chi connectivity index (χ3n) is 6.93. The van der Waals surface area contributed by atoms with Crippen molar-refractivity contribution >= 4 is 11.3 Å². The van der Waals surface area contributed by atoms with Crippen molar-refractivity contribution in [2.24, 2.45) is 17.6 Å². The van der Waals surface area contributed by atoms with Crippen LogP contribution in [0.1, 0.15) is 63.1 Å². The van der Waals surface area contributed by atoms with E-state index in [0.29, 0.717) is 17.5 Å². The van der Waals surface area contributed by atoms with Gasteiger partial charge in [0.25, 0.3) is 0 Å². The molecule has 1 aromatic carbocycles. The minimum absolute atomic E-state index is 0.492. The lowest BCUT2D eigenvalue weighted by Gasteiger charge is -2.36. The summed E-state index contributed by atoms with van der Waals surface area (Å²) in [6, 6.07) is 4.25. The Morgan fingerprint density at radius 2 is 1.83 bits per heavy atom. The van der Waals surface area contributed by atoms with E-state index >= 15 is 0 Å². The van der Waals surface area contributed by atoms with Crippen LogP contribution in [0, 0.1) is 18.8 Å². The minimum Gasteiger partial charge on any atom is -0.399 e. The molecule has 0 fully saturated rings. The number of benzene rings is 1. The Bertz CT molecular complexity index is 955. The summed E-state index contributed by atoms with van der Waals surface area (Å²) in [6.07, 6.45) is 5.33. The second-order valence-corrected chi connectivity index (χ2v) is 9.04. The van der Waals surface area contributed by atoms with Gasteiger partial charge in [0, 0.05) is 11.4 Å². The summed E-state index contributed by atoms with van der Waals surface area (Å²) in [5, 5.41) is 0. The third-order valence-corrected chi connectivity index (χ3v) is 6.93. The number of anilines is 1. The first-order valence-corrected chi connectivity index (χ1v) is 10.7. The van der Waals surface area contributed by atoms with E-state index < -0.39 is 0 Å². The molecule has 4 N–H and O–H groups in total. The van der Waals surface area contributed by atoms with E-state index in [9.17, 15) is 0 Å². The van der Waals surface area contributed by atoms with Crippen molar-refractivity contribution in [3.8, 4) is 0 Å². The lowest BCUT2D eigenvalue weighted by Crippen LogP contribution is -2.24. The van der Waals surface area contributed by atoms with E-state index in [4.69, 9.17) is 11.5 Å². The zero-order valence-electron chi connectivity index (χ0n) is 18.6. The Morgan fingerprint density at radius 3 is 2.41 bits per heavy atom. The highest BCUT2D eigenvalue weighted by molar-refractivity contribution is 5.86. The van der Waals surface area contributed by atoms with Gasteiger partial charge in [-0.1, -0.05) is 43.9 Å². The van der Waals surface area contributed by atoms with E-state index in [0.717, 1.165) is 48.9 Å². The molecule has 0 aromatic heterocycles. The van der Waals surface area contributed by atoms with Crippen LogP contribution in [0.2, 0.25) is 0 Å². The monoisotopic (exact) mass is 388 g/mol.